The third-order valence-electron chi connectivity index (χ3n) is 3.12. The zero-order chi connectivity index (χ0) is 13.7. The molecule has 100 valence electrons. The van der Waals surface area contributed by atoms with Crippen molar-refractivity contribution in [2.24, 2.45) is 5.92 Å². The van der Waals surface area contributed by atoms with Crippen molar-refractivity contribution in [1.29, 1.82) is 0 Å². The van der Waals surface area contributed by atoms with E-state index in [2.05, 4.69) is 70.4 Å². The van der Waals surface area contributed by atoms with Crippen LogP contribution in [0.5, 0.6) is 0 Å². The van der Waals surface area contributed by atoms with Crippen LogP contribution in [0.4, 0.5) is 0 Å². The van der Waals surface area contributed by atoms with Gasteiger partial charge in [0.05, 0.1) is 5.69 Å². The molecule has 2 nitrogen and oxygen atoms in total. The quantitative estimate of drug-likeness (QED) is 0.887. The summed E-state index contributed by atoms with van der Waals surface area (Å²) in [5.74, 6) is 0.540. The Bertz CT molecular complexity index is 494. The average Bonchev–Trinajstić information content (AvgIpc) is 2.42. The molecule has 2 aromatic rings. The summed E-state index contributed by atoms with van der Waals surface area (Å²) in [5.41, 5.74) is 2.39. The fourth-order valence-corrected chi connectivity index (χ4v) is 2.36. The number of pyridine rings is 1. The van der Waals surface area contributed by atoms with E-state index in [4.69, 9.17) is 0 Å². The molecule has 0 amide bonds. The van der Waals surface area contributed by atoms with Crippen LogP contribution in [0.25, 0.3) is 0 Å². The second-order valence-corrected chi connectivity index (χ2v) is 5.90. The fraction of sp³-hybridized carbons (Fsp3) is 0.312. The summed E-state index contributed by atoms with van der Waals surface area (Å²) < 4.78 is 1.01. The molecular formula is C16H19BrN2. The Morgan fingerprint density at radius 2 is 1.84 bits per heavy atom. The molecule has 1 unspecified atom stereocenters. The van der Waals surface area contributed by atoms with Gasteiger partial charge in [0.25, 0.3) is 0 Å². The smallest absolute Gasteiger partial charge is 0.0542 e. The van der Waals surface area contributed by atoms with Gasteiger partial charge >= 0.3 is 0 Å². The number of hydrogen-bond donors (Lipinski definition) is 1. The monoisotopic (exact) mass is 318 g/mol. The van der Waals surface area contributed by atoms with E-state index in [-0.39, 0.29) is 0 Å². The van der Waals surface area contributed by atoms with Crippen molar-refractivity contribution in [3.63, 3.8) is 0 Å². The van der Waals surface area contributed by atoms with E-state index in [0.29, 0.717) is 12.0 Å². The van der Waals surface area contributed by atoms with E-state index < -0.39 is 0 Å². The molecule has 1 atom stereocenters. The van der Waals surface area contributed by atoms with E-state index >= 15 is 0 Å². The summed E-state index contributed by atoms with van der Waals surface area (Å²) in [5, 5.41) is 3.59. The number of nitrogens with zero attached hydrogens (tertiary/aromatic N) is 1. The molecule has 0 saturated carbocycles. The average molecular weight is 319 g/mol. The van der Waals surface area contributed by atoms with Gasteiger partial charge < -0.3 is 5.32 Å². The maximum atomic E-state index is 4.39. The van der Waals surface area contributed by atoms with Crippen LogP contribution in [-0.4, -0.2) is 4.98 Å². The van der Waals surface area contributed by atoms with Crippen molar-refractivity contribution >= 4 is 15.9 Å². The highest BCUT2D eigenvalue weighted by Gasteiger charge is 2.14. The molecule has 19 heavy (non-hydrogen) atoms. The highest BCUT2D eigenvalue weighted by atomic mass is 79.9. The van der Waals surface area contributed by atoms with Crippen molar-refractivity contribution in [1.82, 2.24) is 10.3 Å². The van der Waals surface area contributed by atoms with E-state index in [0.717, 1.165) is 16.7 Å². The molecule has 1 N–H and O–H groups in total. The van der Waals surface area contributed by atoms with Gasteiger partial charge in [0.15, 0.2) is 0 Å². The molecule has 0 radical (unpaired) electrons. The Labute approximate surface area is 123 Å². The zero-order valence-electron chi connectivity index (χ0n) is 11.3. The first-order valence-corrected chi connectivity index (χ1v) is 7.35. The van der Waals surface area contributed by atoms with Crippen molar-refractivity contribution in [2.45, 2.75) is 26.4 Å². The summed E-state index contributed by atoms with van der Waals surface area (Å²) in [6.07, 6.45) is 1.84. The normalized spacial score (nSPS) is 12.6. The molecule has 0 bridgehead atoms. The van der Waals surface area contributed by atoms with Crippen LogP contribution in [0.3, 0.4) is 0 Å². The van der Waals surface area contributed by atoms with Gasteiger partial charge in [-0.3, -0.25) is 4.98 Å². The number of benzene rings is 1. The third-order valence-corrected chi connectivity index (χ3v) is 3.59. The lowest BCUT2D eigenvalue weighted by Crippen LogP contribution is -2.25. The molecule has 0 spiro atoms. The van der Waals surface area contributed by atoms with Crippen LogP contribution in [0.15, 0.2) is 53.1 Å². The van der Waals surface area contributed by atoms with Gasteiger partial charge in [-0.2, -0.15) is 0 Å². The van der Waals surface area contributed by atoms with Crippen LogP contribution in [0, 0.1) is 5.92 Å². The minimum absolute atomic E-state index is 0.353. The largest absolute Gasteiger partial charge is 0.304 e. The maximum Gasteiger partial charge on any atom is 0.0542 e. The number of hydrogen-bond acceptors (Lipinski definition) is 2. The van der Waals surface area contributed by atoms with Crippen molar-refractivity contribution in [3.8, 4) is 0 Å². The first-order valence-electron chi connectivity index (χ1n) is 6.55. The van der Waals surface area contributed by atoms with Gasteiger partial charge in [0, 0.05) is 23.3 Å². The Morgan fingerprint density at radius 1 is 1.11 bits per heavy atom. The minimum Gasteiger partial charge on any atom is -0.304 e. The zero-order valence-corrected chi connectivity index (χ0v) is 12.9. The van der Waals surface area contributed by atoms with Gasteiger partial charge in [0.2, 0.25) is 0 Å². The molecule has 0 aliphatic rings. The standard InChI is InChI=1S/C16H19BrN2/c1-12(2)16(13-6-4-3-5-7-13)19-11-15-9-8-14(17)10-18-15/h3-10,12,16,19H,11H2,1-2H3. The van der Waals surface area contributed by atoms with Crippen molar-refractivity contribution < 1.29 is 0 Å². The van der Waals surface area contributed by atoms with Crippen LogP contribution in [-0.2, 0) is 6.54 Å². The van der Waals surface area contributed by atoms with Gasteiger partial charge in [-0.05, 0) is 39.5 Å². The summed E-state index contributed by atoms with van der Waals surface area (Å²) in [6, 6.07) is 15.0. The predicted octanol–water partition coefficient (Wildman–Crippen LogP) is 4.33. The molecule has 1 aromatic heterocycles. The van der Waals surface area contributed by atoms with Crippen LogP contribution >= 0.6 is 15.9 Å². The first-order chi connectivity index (χ1) is 9.16. The molecule has 1 heterocycles. The van der Waals surface area contributed by atoms with Crippen LogP contribution < -0.4 is 5.32 Å². The Hall–Kier alpha value is -1.19. The Kier molecular flexibility index (Phi) is 5.11. The predicted molar refractivity (Wildman–Crippen MR) is 82.8 cm³/mol. The topological polar surface area (TPSA) is 24.9 Å². The molecule has 3 heteroatoms. The number of halogens is 1. The van der Waals surface area contributed by atoms with Gasteiger partial charge in [-0.25, -0.2) is 0 Å². The molecule has 2 rings (SSSR count). The van der Waals surface area contributed by atoms with Gasteiger partial charge in [-0.1, -0.05) is 44.2 Å². The summed E-state index contributed by atoms with van der Waals surface area (Å²) in [7, 11) is 0. The van der Waals surface area contributed by atoms with Crippen molar-refractivity contribution in [2.75, 3.05) is 0 Å². The summed E-state index contributed by atoms with van der Waals surface area (Å²) >= 11 is 3.40. The highest BCUT2D eigenvalue weighted by Crippen LogP contribution is 2.21. The van der Waals surface area contributed by atoms with E-state index in [9.17, 15) is 0 Å². The SMILES string of the molecule is CC(C)C(NCc1ccc(Br)cn1)c1ccccc1. The van der Waals surface area contributed by atoms with Crippen molar-refractivity contribution in [3.05, 3.63) is 64.4 Å². The van der Waals surface area contributed by atoms with Crippen LogP contribution in [0.2, 0.25) is 0 Å². The number of nitrogens with one attached hydrogen (secondary N) is 1. The van der Waals surface area contributed by atoms with Crippen LogP contribution in [0.1, 0.15) is 31.1 Å². The third kappa shape index (κ3) is 4.15. The lowest BCUT2D eigenvalue weighted by molar-refractivity contribution is 0.408. The number of aromatic nitrogens is 1. The lowest BCUT2D eigenvalue weighted by Gasteiger charge is -2.22. The second-order valence-electron chi connectivity index (χ2n) is 4.98. The molecular weight excluding hydrogens is 300 g/mol. The Morgan fingerprint density at radius 3 is 2.42 bits per heavy atom. The Balaban J connectivity index is 2.04. The summed E-state index contributed by atoms with van der Waals surface area (Å²) in [4.78, 5) is 4.39. The molecule has 0 saturated heterocycles. The van der Waals surface area contributed by atoms with E-state index in [1.54, 1.807) is 0 Å². The molecule has 0 aliphatic carbocycles. The van der Waals surface area contributed by atoms with E-state index in [1.165, 1.54) is 5.56 Å². The fourth-order valence-electron chi connectivity index (χ4n) is 2.12. The molecule has 1 aromatic carbocycles. The van der Waals surface area contributed by atoms with Gasteiger partial charge in [-0.15, -0.1) is 0 Å². The molecule has 0 aliphatic heterocycles. The minimum atomic E-state index is 0.353. The number of rotatable bonds is 5. The lowest BCUT2D eigenvalue weighted by atomic mass is 9.96. The first kappa shape index (κ1) is 14.2. The van der Waals surface area contributed by atoms with E-state index in [1.807, 2.05) is 18.3 Å². The maximum absolute atomic E-state index is 4.39. The van der Waals surface area contributed by atoms with Gasteiger partial charge in [0.1, 0.15) is 0 Å². The summed E-state index contributed by atoms with van der Waals surface area (Å²) in [6.45, 7) is 5.25. The highest BCUT2D eigenvalue weighted by molar-refractivity contribution is 9.10. The molecule has 0 fully saturated rings. The second kappa shape index (κ2) is 6.83.